The van der Waals surface area contributed by atoms with Crippen LogP contribution >= 0.6 is 12.4 Å². The fraction of sp³-hybridized carbons (Fsp3) is 0.571. The largest absolute Gasteiger partial charge is 0.308 e. The van der Waals surface area contributed by atoms with E-state index in [9.17, 15) is 4.39 Å². The van der Waals surface area contributed by atoms with E-state index in [-0.39, 0.29) is 18.4 Å². The highest BCUT2D eigenvalue weighted by Gasteiger charge is 2.13. The van der Waals surface area contributed by atoms with Gasteiger partial charge in [0.1, 0.15) is 0 Å². The van der Waals surface area contributed by atoms with Crippen LogP contribution in [0.3, 0.4) is 0 Å². The molecule has 0 atom stereocenters. The smallest absolute Gasteiger partial charge is 0.216 e. The van der Waals surface area contributed by atoms with Crippen LogP contribution in [0.15, 0.2) is 6.20 Å². The van der Waals surface area contributed by atoms with Crippen molar-refractivity contribution in [3.63, 3.8) is 0 Å². The summed E-state index contributed by atoms with van der Waals surface area (Å²) in [5.41, 5.74) is 3.55. The summed E-state index contributed by atoms with van der Waals surface area (Å²) in [6.07, 6.45) is 2.03. The van der Waals surface area contributed by atoms with Crippen LogP contribution in [0.25, 0.3) is 0 Å². The Hall–Kier alpha value is -1.40. The van der Waals surface area contributed by atoms with E-state index in [1.165, 1.54) is 4.68 Å². The normalized spacial score (nSPS) is 10.7. The van der Waals surface area contributed by atoms with Crippen LogP contribution in [0.4, 0.5) is 4.39 Å². The molecule has 118 valence electrons. The summed E-state index contributed by atoms with van der Waals surface area (Å²) >= 11 is 0. The topological polar surface area (TPSA) is 47.7 Å². The summed E-state index contributed by atoms with van der Waals surface area (Å²) in [5, 5.41) is 11.8. The maximum absolute atomic E-state index is 14.0. The minimum Gasteiger partial charge on any atom is -0.308 e. The van der Waals surface area contributed by atoms with E-state index >= 15 is 0 Å². The van der Waals surface area contributed by atoms with Gasteiger partial charge in [0.15, 0.2) is 0 Å². The molecular formula is C14H23ClFN5. The second-order valence-electron chi connectivity index (χ2n) is 4.87. The van der Waals surface area contributed by atoms with Crippen LogP contribution in [-0.4, -0.2) is 19.6 Å². The lowest BCUT2D eigenvalue weighted by atomic mass is 10.2. The molecule has 2 heterocycles. The lowest BCUT2D eigenvalue weighted by Crippen LogP contribution is -2.14. The van der Waals surface area contributed by atoms with Gasteiger partial charge in [0.25, 0.3) is 0 Å². The summed E-state index contributed by atoms with van der Waals surface area (Å²) < 4.78 is 17.3. The monoisotopic (exact) mass is 315 g/mol. The highest BCUT2D eigenvalue weighted by Crippen LogP contribution is 2.12. The molecule has 0 spiro atoms. The lowest BCUT2D eigenvalue weighted by molar-refractivity contribution is 0.460. The second-order valence-corrected chi connectivity index (χ2v) is 4.87. The van der Waals surface area contributed by atoms with Crippen molar-refractivity contribution in [1.29, 1.82) is 0 Å². The van der Waals surface area contributed by atoms with Gasteiger partial charge in [-0.1, -0.05) is 0 Å². The van der Waals surface area contributed by atoms with Gasteiger partial charge in [-0.15, -0.1) is 12.4 Å². The van der Waals surface area contributed by atoms with Crippen LogP contribution < -0.4 is 5.32 Å². The zero-order chi connectivity index (χ0) is 14.7. The highest BCUT2D eigenvalue weighted by atomic mass is 35.5. The van der Waals surface area contributed by atoms with Crippen molar-refractivity contribution in [2.75, 3.05) is 0 Å². The average molecular weight is 316 g/mol. The molecule has 0 aliphatic carbocycles. The van der Waals surface area contributed by atoms with E-state index in [0.29, 0.717) is 25.2 Å². The quantitative estimate of drug-likeness (QED) is 0.891. The van der Waals surface area contributed by atoms with Gasteiger partial charge in [0.2, 0.25) is 5.95 Å². The molecule has 1 N–H and O–H groups in total. The van der Waals surface area contributed by atoms with Gasteiger partial charge in [-0.2, -0.15) is 14.6 Å². The molecule has 0 radical (unpaired) electrons. The van der Waals surface area contributed by atoms with E-state index in [2.05, 4.69) is 22.4 Å². The number of aromatic nitrogens is 4. The number of aryl methyl sites for hydroxylation is 4. The zero-order valence-corrected chi connectivity index (χ0v) is 13.8. The summed E-state index contributed by atoms with van der Waals surface area (Å²) in [5.74, 6) is -0.238. The summed E-state index contributed by atoms with van der Waals surface area (Å²) in [7, 11) is 0. The predicted molar refractivity (Wildman–Crippen MR) is 83.0 cm³/mol. The van der Waals surface area contributed by atoms with Crippen molar-refractivity contribution < 1.29 is 4.39 Å². The first-order chi connectivity index (χ1) is 9.56. The van der Waals surface area contributed by atoms with Crippen molar-refractivity contribution in [1.82, 2.24) is 24.9 Å². The van der Waals surface area contributed by atoms with Crippen molar-refractivity contribution in [3.8, 4) is 0 Å². The molecule has 0 saturated heterocycles. The Balaban J connectivity index is 0.00000220. The lowest BCUT2D eigenvalue weighted by Gasteiger charge is -2.03. The Bertz CT molecular complexity index is 590. The molecule has 0 saturated carbocycles. The van der Waals surface area contributed by atoms with Gasteiger partial charge in [0, 0.05) is 43.5 Å². The maximum atomic E-state index is 14.0. The van der Waals surface area contributed by atoms with Crippen LogP contribution in [0.1, 0.15) is 36.4 Å². The van der Waals surface area contributed by atoms with Gasteiger partial charge < -0.3 is 5.32 Å². The van der Waals surface area contributed by atoms with E-state index in [1.807, 2.05) is 31.6 Å². The van der Waals surface area contributed by atoms with Crippen LogP contribution in [0.2, 0.25) is 0 Å². The molecule has 21 heavy (non-hydrogen) atoms. The fourth-order valence-corrected chi connectivity index (χ4v) is 2.22. The predicted octanol–water partition coefficient (Wildman–Crippen LogP) is 2.59. The van der Waals surface area contributed by atoms with E-state index in [4.69, 9.17) is 0 Å². The van der Waals surface area contributed by atoms with E-state index in [1.54, 1.807) is 0 Å². The minimum atomic E-state index is -0.238. The van der Waals surface area contributed by atoms with Crippen LogP contribution in [-0.2, 0) is 26.2 Å². The Morgan fingerprint density at radius 1 is 1.10 bits per heavy atom. The fourth-order valence-electron chi connectivity index (χ4n) is 2.22. The summed E-state index contributed by atoms with van der Waals surface area (Å²) in [4.78, 5) is 0. The van der Waals surface area contributed by atoms with Crippen molar-refractivity contribution in [2.45, 2.75) is 53.9 Å². The Morgan fingerprint density at radius 3 is 2.33 bits per heavy atom. The number of rotatable bonds is 6. The molecule has 0 unspecified atom stereocenters. The average Bonchev–Trinajstić information content (AvgIpc) is 2.92. The SMILES string of the molecule is CCn1cc(CNCc2c(C)nn(CC)c2F)c(C)n1.Cl. The summed E-state index contributed by atoms with van der Waals surface area (Å²) in [6, 6.07) is 0. The molecule has 0 aliphatic heterocycles. The molecule has 0 amide bonds. The van der Waals surface area contributed by atoms with Gasteiger partial charge >= 0.3 is 0 Å². The zero-order valence-electron chi connectivity index (χ0n) is 13.0. The van der Waals surface area contributed by atoms with E-state index < -0.39 is 0 Å². The molecule has 0 aromatic carbocycles. The van der Waals surface area contributed by atoms with Gasteiger partial charge in [-0.05, 0) is 27.7 Å². The Morgan fingerprint density at radius 2 is 1.81 bits per heavy atom. The highest BCUT2D eigenvalue weighted by molar-refractivity contribution is 5.85. The second kappa shape index (κ2) is 7.56. The molecule has 2 aromatic rings. The minimum absolute atomic E-state index is 0. The number of nitrogens with one attached hydrogen (secondary N) is 1. The van der Waals surface area contributed by atoms with Crippen LogP contribution in [0.5, 0.6) is 0 Å². The van der Waals surface area contributed by atoms with Crippen molar-refractivity contribution in [3.05, 3.63) is 34.7 Å². The number of hydrogen-bond acceptors (Lipinski definition) is 3. The summed E-state index contributed by atoms with van der Waals surface area (Å²) in [6.45, 7) is 10.3. The first kappa shape index (κ1) is 17.7. The third-order valence-electron chi connectivity index (χ3n) is 3.47. The standard InChI is InChI=1S/C14H22FN5.ClH/c1-5-19-9-12(10(3)17-19)7-16-8-13-11(4)18-20(6-2)14(13)15;/h9,16H,5-8H2,1-4H3;1H. The molecule has 7 heteroatoms. The first-order valence-corrected chi connectivity index (χ1v) is 7.02. The maximum Gasteiger partial charge on any atom is 0.216 e. The van der Waals surface area contributed by atoms with Crippen molar-refractivity contribution in [2.24, 2.45) is 0 Å². The third kappa shape index (κ3) is 3.83. The Labute approximate surface area is 130 Å². The number of halogens is 2. The number of nitrogens with zero attached hydrogens (tertiary/aromatic N) is 4. The molecule has 2 rings (SSSR count). The molecule has 5 nitrogen and oxygen atoms in total. The van der Waals surface area contributed by atoms with Gasteiger partial charge in [0.05, 0.1) is 11.4 Å². The first-order valence-electron chi connectivity index (χ1n) is 7.02. The molecular weight excluding hydrogens is 293 g/mol. The molecule has 0 fully saturated rings. The van der Waals surface area contributed by atoms with Gasteiger partial charge in [-0.3, -0.25) is 4.68 Å². The van der Waals surface area contributed by atoms with Gasteiger partial charge in [-0.25, -0.2) is 4.68 Å². The molecule has 2 aromatic heterocycles. The number of hydrogen-bond donors (Lipinski definition) is 1. The third-order valence-corrected chi connectivity index (χ3v) is 3.47. The Kier molecular flexibility index (Phi) is 6.36. The molecule has 0 aliphatic rings. The van der Waals surface area contributed by atoms with E-state index in [0.717, 1.165) is 23.5 Å². The van der Waals surface area contributed by atoms with Crippen molar-refractivity contribution >= 4 is 12.4 Å². The molecule has 0 bridgehead atoms. The van der Waals surface area contributed by atoms with Crippen LogP contribution in [0, 0.1) is 19.8 Å².